The van der Waals surface area contributed by atoms with E-state index in [0.717, 1.165) is 27.8 Å². The van der Waals surface area contributed by atoms with Crippen LogP contribution in [0.5, 0.6) is 0 Å². The normalized spacial score (nSPS) is 18.8. The molecular formula is C14H14FNOS. The van der Waals surface area contributed by atoms with Crippen LogP contribution in [-0.2, 0) is 4.79 Å². The van der Waals surface area contributed by atoms with Gasteiger partial charge in [-0.15, -0.1) is 11.3 Å². The van der Waals surface area contributed by atoms with Gasteiger partial charge in [-0.3, -0.25) is 4.79 Å². The van der Waals surface area contributed by atoms with Crippen LogP contribution < -0.4 is 5.73 Å². The van der Waals surface area contributed by atoms with Gasteiger partial charge in [-0.1, -0.05) is 6.92 Å². The van der Waals surface area contributed by atoms with Crippen LogP contribution in [0.4, 0.5) is 4.39 Å². The summed E-state index contributed by atoms with van der Waals surface area (Å²) < 4.78 is 14.2. The maximum atomic E-state index is 13.2. The average Bonchev–Trinajstić information content (AvgIpc) is 3.03. The first-order chi connectivity index (χ1) is 8.53. The molecular weight excluding hydrogens is 249 g/mol. The fraction of sp³-hybridized carbons (Fsp3) is 0.357. The number of thiophene rings is 1. The van der Waals surface area contributed by atoms with E-state index < -0.39 is 0 Å². The van der Waals surface area contributed by atoms with Gasteiger partial charge in [-0.2, -0.15) is 0 Å². The minimum absolute atomic E-state index is 0.121. The molecule has 4 heteroatoms. The zero-order valence-corrected chi connectivity index (χ0v) is 10.9. The van der Waals surface area contributed by atoms with Crippen molar-refractivity contribution in [2.45, 2.75) is 25.7 Å². The van der Waals surface area contributed by atoms with Crippen LogP contribution in [0.25, 0.3) is 10.1 Å². The predicted octanol–water partition coefficient (Wildman–Crippen LogP) is 3.41. The van der Waals surface area contributed by atoms with Crippen LogP contribution >= 0.6 is 11.3 Å². The van der Waals surface area contributed by atoms with Crippen LogP contribution in [0, 0.1) is 11.2 Å². The third-order valence-electron chi connectivity index (χ3n) is 4.03. The standard InChI is InChI=1S/C14H14FNOS/c1-8(14(4-5-14)13(16)17)12-7-9-6-10(15)2-3-11(9)18-12/h2-3,6-8H,4-5H2,1H3,(H2,16,17)/t8-/m0/s1. The van der Waals surface area contributed by atoms with E-state index in [2.05, 4.69) is 0 Å². The molecule has 1 heterocycles. The fourth-order valence-corrected chi connectivity index (χ4v) is 3.76. The van der Waals surface area contributed by atoms with Crippen LogP contribution in [-0.4, -0.2) is 5.91 Å². The number of amides is 1. The lowest BCUT2D eigenvalue weighted by Crippen LogP contribution is -2.28. The predicted molar refractivity (Wildman–Crippen MR) is 71.1 cm³/mol. The van der Waals surface area contributed by atoms with Gasteiger partial charge in [0, 0.05) is 15.5 Å². The van der Waals surface area contributed by atoms with Crippen molar-refractivity contribution in [3.63, 3.8) is 0 Å². The van der Waals surface area contributed by atoms with Gasteiger partial charge in [0.15, 0.2) is 0 Å². The third-order valence-corrected chi connectivity index (χ3v) is 5.33. The molecule has 1 amide bonds. The summed E-state index contributed by atoms with van der Waals surface area (Å²) in [4.78, 5) is 12.7. The molecule has 0 bridgehead atoms. The van der Waals surface area contributed by atoms with Crippen molar-refractivity contribution in [3.8, 4) is 0 Å². The Balaban J connectivity index is 2.02. The van der Waals surface area contributed by atoms with Crippen LogP contribution in [0.1, 0.15) is 30.6 Å². The van der Waals surface area contributed by atoms with Crippen molar-refractivity contribution >= 4 is 27.3 Å². The maximum absolute atomic E-state index is 13.2. The minimum Gasteiger partial charge on any atom is -0.369 e. The van der Waals surface area contributed by atoms with E-state index in [4.69, 9.17) is 5.73 Å². The first kappa shape index (κ1) is 11.7. The summed E-state index contributed by atoms with van der Waals surface area (Å²) in [5, 5.41) is 0.905. The summed E-state index contributed by atoms with van der Waals surface area (Å²) in [6.45, 7) is 2.04. The van der Waals surface area contributed by atoms with Crippen LogP contribution in [0.2, 0.25) is 0 Å². The van der Waals surface area contributed by atoms with Crippen molar-refractivity contribution in [1.82, 2.24) is 0 Å². The van der Waals surface area contributed by atoms with Gasteiger partial charge in [0.1, 0.15) is 5.82 Å². The second-order valence-corrected chi connectivity index (χ2v) is 6.19. The van der Waals surface area contributed by atoms with E-state index in [1.54, 1.807) is 17.4 Å². The highest BCUT2D eigenvalue weighted by molar-refractivity contribution is 7.19. The molecule has 1 aromatic heterocycles. The fourth-order valence-electron chi connectivity index (χ4n) is 2.55. The van der Waals surface area contributed by atoms with Crippen molar-refractivity contribution in [1.29, 1.82) is 0 Å². The molecule has 18 heavy (non-hydrogen) atoms. The van der Waals surface area contributed by atoms with Crippen LogP contribution in [0.3, 0.4) is 0 Å². The number of fused-ring (bicyclic) bond motifs is 1. The highest BCUT2D eigenvalue weighted by Crippen LogP contribution is 2.57. The Labute approximate surface area is 109 Å². The van der Waals surface area contributed by atoms with E-state index in [1.807, 2.05) is 13.0 Å². The van der Waals surface area contributed by atoms with Gasteiger partial charge in [0.2, 0.25) is 5.91 Å². The molecule has 0 aliphatic heterocycles. The summed E-state index contributed by atoms with van der Waals surface area (Å²) in [5.41, 5.74) is 5.13. The van der Waals surface area contributed by atoms with E-state index in [1.165, 1.54) is 12.1 Å². The topological polar surface area (TPSA) is 43.1 Å². The number of carbonyl (C=O) groups excluding carboxylic acids is 1. The Bertz CT molecular complexity index is 630. The molecule has 94 valence electrons. The Morgan fingerprint density at radius 1 is 1.44 bits per heavy atom. The van der Waals surface area contributed by atoms with Crippen molar-refractivity contribution in [2.24, 2.45) is 11.1 Å². The smallest absolute Gasteiger partial charge is 0.224 e. The molecule has 3 rings (SSSR count). The highest BCUT2D eigenvalue weighted by Gasteiger charge is 2.53. The quantitative estimate of drug-likeness (QED) is 0.906. The van der Waals surface area contributed by atoms with E-state index in [0.29, 0.717) is 0 Å². The van der Waals surface area contributed by atoms with Gasteiger partial charge >= 0.3 is 0 Å². The first-order valence-electron chi connectivity index (χ1n) is 6.02. The lowest BCUT2D eigenvalue weighted by atomic mass is 9.88. The Morgan fingerprint density at radius 2 is 2.17 bits per heavy atom. The molecule has 0 saturated heterocycles. The number of hydrogen-bond acceptors (Lipinski definition) is 2. The van der Waals surface area contributed by atoms with Gasteiger partial charge < -0.3 is 5.73 Å². The first-order valence-corrected chi connectivity index (χ1v) is 6.83. The molecule has 0 radical (unpaired) electrons. The molecule has 2 N–H and O–H groups in total. The molecule has 1 atom stereocenters. The number of carbonyl (C=O) groups is 1. The maximum Gasteiger partial charge on any atom is 0.224 e. The number of benzene rings is 1. The summed E-state index contributed by atoms with van der Waals surface area (Å²) in [7, 11) is 0. The number of hydrogen-bond donors (Lipinski definition) is 1. The molecule has 0 spiro atoms. The monoisotopic (exact) mass is 263 g/mol. The SMILES string of the molecule is C[C@@H](c1cc2cc(F)ccc2s1)C1(C(N)=O)CC1. The lowest BCUT2D eigenvalue weighted by Gasteiger charge is -2.18. The third kappa shape index (κ3) is 1.63. The van der Waals surface area contributed by atoms with Crippen molar-refractivity contribution in [3.05, 3.63) is 35.0 Å². The average molecular weight is 263 g/mol. The van der Waals surface area contributed by atoms with E-state index in [9.17, 15) is 9.18 Å². The minimum atomic E-state index is -0.362. The van der Waals surface area contributed by atoms with Gasteiger partial charge in [0.05, 0.1) is 5.41 Å². The zero-order valence-electron chi connectivity index (χ0n) is 10.1. The summed E-state index contributed by atoms with van der Waals surface area (Å²) in [6.07, 6.45) is 1.73. The van der Waals surface area contributed by atoms with Gasteiger partial charge in [0.25, 0.3) is 0 Å². The Morgan fingerprint density at radius 3 is 2.78 bits per heavy atom. The second-order valence-electron chi connectivity index (χ2n) is 5.07. The van der Waals surface area contributed by atoms with Crippen molar-refractivity contribution in [2.75, 3.05) is 0 Å². The van der Waals surface area contributed by atoms with E-state index >= 15 is 0 Å². The van der Waals surface area contributed by atoms with E-state index in [-0.39, 0.29) is 23.1 Å². The molecule has 1 aliphatic rings. The molecule has 0 unspecified atom stereocenters. The zero-order chi connectivity index (χ0) is 12.9. The largest absolute Gasteiger partial charge is 0.369 e. The number of primary amides is 1. The molecule has 2 nitrogen and oxygen atoms in total. The van der Waals surface area contributed by atoms with Gasteiger partial charge in [-0.25, -0.2) is 4.39 Å². The lowest BCUT2D eigenvalue weighted by molar-refractivity contribution is -0.123. The molecule has 1 aliphatic carbocycles. The highest BCUT2D eigenvalue weighted by atomic mass is 32.1. The number of nitrogens with two attached hydrogens (primary N) is 1. The molecule has 1 fully saturated rings. The Kier molecular flexibility index (Phi) is 2.45. The molecule has 1 saturated carbocycles. The van der Waals surface area contributed by atoms with Gasteiger partial charge in [-0.05, 0) is 42.5 Å². The Hall–Kier alpha value is -1.42. The molecule has 2 aromatic rings. The number of halogens is 1. The molecule has 1 aromatic carbocycles. The second kappa shape index (κ2) is 3.79. The number of rotatable bonds is 3. The van der Waals surface area contributed by atoms with Crippen LogP contribution in [0.15, 0.2) is 24.3 Å². The summed E-state index contributed by atoms with van der Waals surface area (Å²) in [6, 6.07) is 6.77. The summed E-state index contributed by atoms with van der Waals surface area (Å²) >= 11 is 1.62. The van der Waals surface area contributed by atoms with Crippen molar-refractivity contribution < 1.29 is 9.18 Å². The summed E-state index contributed by atoms with van der Waals surface area (Å²) in [5.74, 6) is -0.315.